The third-order valence-corrected chi connectivity index (χ3v) is 5.02. The third kappa shape index (κ3) is 3.91. The highest BCUT2D eigenvalue weighted by molar-refractivity contribution is 7.19. The first-order chi connectivity index (χ1) is 11.1. The summed E-state index contributed by atoms with van der Waals surface area (Å²) in [4.78, 5) is 21.8. The standard InChI is InChI=1S/C17H15N3OS2/c1-11-16(13-6-4-3-5-7-13)23-17(18-11)20-15(21)9-8-14-10-22-12(2)19-14/h3-10H,1-2H3,(H,18,20,21)/b9-8+. The molecule has 1 aromatic carbocycles. The molecule has 116 valence electrons. The van der Waals surface area contributed by atoms with Gasteiger partial charge in [-0.05, 0) is 25.5 Å². The molecule has 0 saturated heterocycles. The maximum atomic E-state index is 12.0. The number of thiazole rings is 2. The van der Waals surface area contributed by atoms with Gasteiger partial charge in [0.25, 0.3) is 0 Å². The van der Waals surface area contributed by atoms with E-state index in [0.29, 0.717) is 5.13 Å². The van der Waals surface area contributed by atoms with Crippen LogP contribution in [0.5, 0.6) is 0 Å². The Labute approximate surface area is 142 Å². The SMILES string of the molecule is Cc1nc(/C=C/C(=O)Nc2nc(C)c(-c3ccccc3)s2)cs1. The van der Waals surface area contributed by atoms with Crippen LogP contribution in [-0.2, 0) is 4.79 Å². The first kappa shape index (κ1) is 15.6. The molecule has 0 atom stereocenters. The Kier molecular flexibility index (Phi) is 4.64. The summed E-state index contributed by atoms with van der Waals surface area (Å²) in [5.74, 6) is -0.205. The number of benzene rings is 1. The van der Waals surface area contributed by atoms with Gasteiger partial charge in [-0.25, -0.2) is 9.97 Å². The van der Waals surface area contributed by atoms with Crippen LogP contribution in [0, 0.1) is 13.8 Å². The Morgan fingerprint density at radius 2 is 1.96 bits per heavy atom. The summed E-state index contributed by atoms with van der Waals surface area (Å²) in [6, 6.07) is 10.0. The van der Waals surface area contributed by atoms with Gasteiger partial charge in [0, 0.05) is 11.5 Å². The van der Waals surface area contributed by atoms with Gasteiger partial charge >= 0.3 is 0 Å². The van der Waals surface area contributed by atoms with Crippen molar-refractivity contribution in [2.75, 3.05) is 5.32 Å². The molecule has 4 nitrogen and oxygen atoms in total. The van der Waals surface area contributed by atoms with Crippen molar-refractivity contribution < 1.29 is 4.79 Å². The number of rotatable bonds is 4. The van der Waals surface area contributed by atoms with Crippen LogP contribution in [-0.4, -0.2) is 15.9 Å². The van der Waals surface area contributed by atoms with E-state index in [4.69, 9.17) is 0 Å². The van der Waals surface area contributed by atoms with Gasteiger partial charge in [-0.15, -0.1) is 11.3 Å². The topological polar surface area (TPSA) is 54.9 Å². The highest BCUT2D eigenvalue weighted by Crippen LogP contribution is 2.32. The fourth-order valence-corrected chi connectivity index (χ4v) is 3.63. The maximum absolute atomic E-state index is 12.0. The number of carbonyl (C=O) groups is 1. The van der Waals surface area contributed by atoms with Gasteiger partial charge in [0.15, 0.2) is 5.13 Å². The Hall–Kier alpha value is -2.31. The molecule has 0 aliphatic carbocycles. The number of anilines is 1. The third-order valence-electron chi connectivity index (χ3n) is 3.10. The quantitative estimate of drug-likeness (QED) is 0.709. The molecular formula is C17H15N3OS2. The van der Waals surface area contributed by atoms with Crippen LogP contribution in [0.2, 0.25) is 0 Å². The molecule has 0 aliphatic heterocycles. The lowest BCUT2D eigenvalue weighted by molar-refractivity contribution is -0.111. The Morgan fingerprint density at radius 3 is 2.65 bits per heavy atom. The van der Waals surface area contributed by atoms with Crippen molar-refractivity contribution in [3.63, 3.8) is 0 Å². The smallest absolute Gasteiger partial charge is 0.250 e. The minimum absolute atomic E-state index is 0.205. The highest BCUT2D eigenvalue weighted by Gasteiger charge is 2.10. The van der Waals surface area contributed by atoms with Crippen molar-refractivity contribution in [3.05, 3.63) is 58.2 Å². The molecule has 0 saturated carbocycles. The zero-order valence-corrected chi connectivity index (χ0v) is 14.4. The normalized spacial score (nSPS) is 11.0. The number of carbonyl (C=O) groups excluding carboxylic acids is 1. The van der Waals surface area contributed by atoms with Gasteiger partial charge in [-0.3, -0.25) is 10.1 Å². The van der Waals surface area contributed by atoms with E-state index in [1.54, 1.807) is 17.4 Å². The van der Waals surface area contributed by atoms with Crippen molar-refractivity contribution in [1.82, 2.24) is 9.97 Å². The molecule has 6 heteroatoms. The molecule has 2 heterocycles. The number of hydrogen-bond donors (Lipinski definition) is 1. The molecule has 1 N–H and O–H groups in total. The summed E-state index contributed by atoms with van der Waals surface area (Å²) in [7, 11) is 0. The van der Waals surface area contributed by atoms with Gasteiger partial charge < -0.3 is 0 Å². The van der Waals surface area contributed by atoms with Gasteiger partial charge in [-0.2, -0.15) is 0 Å². The average Bonchev–Trinajstić information content (AvgIpc) is 3.12. The van der Waals surface area contributed by atoms with E-state index in [2.05, 4.69) is 15.3 Å². The van der Waals surface area contributed by atoms with Gasteiger partial charge in [0.05, 0.1) is 21.3 Å². The Balaban J connectivity index is 1.71. The van der Waals surface area contributed by atoms with Crippen LogP contribution in [0.15, 0.2) is 41.8 Å². The number of aryl methyl sites for hydroxylation is 2. The molecule has 23 heavy (non-hydrogen) atoms. The van der Waals surface area contributed by atoms with E-state index < -0.39 is 0 Å². The molecule has 0 fully saturated rings. The van der Waals surface area contributed by atoms with E-state index >= 15 is 0 Å². The second-order valence-electron chi connectivity index (χ2n) is 4.91. The molecular weight excluding hydrogens is 326 g/mol. The molecule has 0 radical (unpaired) electrons. The van der Waals surface area contributed by atoms with Crippen molar-refractivity contribution >= 4 is 39.8 Å². The molecule has 0 aliphatic rings. The molecule has 0 unspecified atom stereocenters. The minimum Gasteiger partial charge on any atom is -0.298 e. The summed E-state index contributed by atoms with van der Waals surface area (Å²) in [5, 5.41) is 6.31. The number of hydrogen-bond acceptors (Lipinski definition) is 5. The van der Waals surface area contributed by atoms with Gasteiger partial charge in [0.1, 0.15) is 0 Å². The fourth-order valence-electron chi connectivity index (χ4n) is 2.07. The Morgan fingerprint density at radius 1 is 1.17 bits per heavy atom. The van der Waals surface area contributed by atoms with E-state index in [1.165, 1.54) is 17.4 Å². The first-order valence-electron chi connectivity index (χ1n) is 7.06. The summed E-state index contributed by atoms with van der Waals surface area (Å²) in [5.41, 5.74) is 2.81. The lowest BCUT2D eigenvalue weighted by atomic mass is 10.2. The Bertz CT molecular complexity index is 850. The number of nitrogens with one attached hydrogen (secondary N) is 1. The van der Waals surface area contributed by atoms with Crippen LogP contribution in [0.3, 0.4) is 0 Å². The van der Waals surface area contributed by atoms with Crippen molar-refractivity contribution in [1.29, 1.82) is 0 Å². The number of aromatic nitrogens is 2. The van der Waals surface area contributed by atoms with Gasteiger partial charge in [-0.1, -0.05) is 41.7 Å². The van der Waals surface area contributed by atoms with E-state index in [9.17, 15) is 4.79 Å². The maximum Gasteiger partial charge on any atom is 0.250 e. The van der Waals surface area contributed by atoms with Gasteiger partial charge in [0.2, 0.25) is 5.91 Å². The van der Waals surface area contributed by atoms with E-state index in [-0.39, 0.29) is 5.91 Å². The number of nitrogens with zero attached hydrogens (tertiary/aromatic N) is 2. The van der Waals surface area contributed by atoms with Crippen molar-refractivity contribution in [2.45, 2.75) is 13.8 Å². The average molecular weight is 341 g/mol. The molecule has 3 aromatic rings. The van der Waals surface area contributed by atoms with Crippen LogP contribution >= 0.6 is 22.7 Å². The fraction of sp³-hybridized carbons (Fsp3) is 0.118. The van der Waals surface area contributed by atoms with Crippen molar-refractivity contribution in [2.24, 2.45) is 0 Å². The molecule has 1 amide bonds. The monoisotopic (exact) mass is 341 g/mol. The largest absolute Gasteiger partial charge is 0.298 e. The molecule has 0 bridgehead atoms. The summed E-state index contributed by atoms with van der Waals surface area (Å²) in [6.45, 7) is 3.88. The second-order valence-corrected chi connectivity index (χ2v) is 6.97. The van der Waals surface area contributed by atoms with Crippen LogP contribution in [0.4, 0.5) is 5.13 Å². The van der Waals surface area contributed by atoms with Crippen LogP contribution in [0.1, 0.15) is 16.4 Å². The predicted molar refractivity (Wildman–Crippen MR) is 96.8 cm³/mol. The summed E-state index contributed by atoms with van der Waals surface area (Å²) < 4.78 is 0. The molecule has 2 aromatic heterocycles. The minimum atomic E-state index is -0.205. The van der Waals surface area contributed by atoms with E-state index in [0.717, 1.165) is 26.8 Å². The lowest BCUT2D eigenvalue weighted by Gasteiger charge is -1.96. The number of amides is 1. The van der Waals surface area contributed by atoms with Crippen LogP contribution in [0.25, 0.3) is 16.5 Å². The molecule has 0 spiro atoms. The predicted octanol–water partition coefficient (Wildman–Crippen LogP) is 4.54. The second kappa shape index (κ2) is 6.85. The van der Waals surface area contributed by atoms with Crippen LogP contribution < -0.4 is 5.32 Å². The van der Waals surface area contributed by atoms with E-state index in [1.807, 2.05) is 49.6 Å². The lowest BCUT2D eigenvalue weighted by Crippen LogP contribution is -2.07. The molecule has 3 rings (SSSR count). The highest BCUT2D eigenvalue weighted by atomic mass is 32.1. The first-order valence-corrected chi connectivity index (χ1v) is 8.75. The van der Waals surface area contributed by atoms with Crippen molar-refractivity contribution in [3.8, 4) is 10.4 Å². The zero-order chi connectivity index (χ0) is 16.2. The summed E-state index contributed by atoms with van der Waals surface area (Å²) >= 11 is 3.03. The summed E-state index contributed by atoms with van der Waals surface area (Å²) in [6.07, 6.45) is 3.19. The zero-order valence-electron chi connectivity index (χ0n) is 12.7.